The van der Waals surface area contributed by atoms with Crippen LogP contribution in [-0.4, -0.2) is 36.6 Å². The highest BCUT2D eigenvalue weighted by Gasteiger charge is 2.52. The average Bonchev–Trinajstić information content (AvgIpc) is 3.04. The standard InChI is InChI=1S/C17H20F3NO4/c1-2-23-14(22)15(3-5-16(6-4-15)24-7-8-25-16)12-9-13(11-21-10-12)17(18,19)20/h9-11H,2-8H2,1H3. The van der Waals surface area contributed by atoms with Crippen molar-refractivity contribution >= 4 is 5.97 Å². The molecule has 0 unspecified atom stereocenters. The van der Waals surface area contributed by atoms with Crippen LogP contribution in [0.2, 0.25) is 0 Å². The number of alkyl halides is 3. The average molecular weight is 359 g/mol. The summed E-state index contributed by atoms with van der Waals surface area (Å²) < 4.78 is 55.7. The van der Waals surface area contributed by atoms with E-state index < -0.39 is 28.9 Å². The molecular formula is C17H20F3NO4. The third-order valence-corrected chi connectivity index (χ3v) is 4.96. The Labute approximate surface area is 143 Å². The lowest BCUT2D eigenvalue weighted by Gasteiger charge is -2.42. The number of rotatable bonds is 3. The largest absolute Gasteiger partial charge is 0.465 e. The fraction of sp³-hybridized carbons (Fsp3) is 0.647. The Balaban J connectivity index is 1.95. The number of esters is 1. The van der Waals surface area contributed by atoms with Crippen LogP contribution in [0.4, 0.5) is 13.2 Å². The van der Waals surface area contributed by atoms with Gasteiger partial charge in [-0.15, -0.1) is 0 Å². The molecule has 1 saturated carbocycles. The maximum absolute atomic E-state index is 13.1. The van der Waals surface area contributed by atoms with E-state index in [0.29, 0.717) is 26.1 Å². The lowest BCUT2D eigenvalue weighted by molar-refractivity contribution is -0.191. The lowest BCUT2D eigenvalue weighted by Crippen LogP contribution is -2.47. The summed E-state index contributed by atoms with van der Waals surface area (Å²) in [6.45, 7) is 2.80. The first-order valence-electron chi connectivity index (χ1n) is 8.29. The number of carbonyl (C=O) groups excluding carboxylic acids is 1. The molecule has 0 N–H and O–H groups in total. The highest BCUT2D eigenvalue weighted by Crippen LogP contribution is 2.47. The first kappa shape index (κ1) is 18.1. The highest BCUT2D eigenvalue weighted by molar-refractivity contribution is 5.83. The summed E-state index contributed by atoms with van der Waals surface area (Å²) in [5.74, 6) is -1.26. The van der Waals surface area contributed by atoms with Gasteiger partial charge < -0.3 is 14.2 Å². The number of nitrogens with zero attached hydrogens (tertiary/aromatic N) is 1. The van der Waals surface area contributed by atoms with Gasteiger partial charge in [-0.1, -0.05) is 0 Å². The van der Waals surface area contributed by atoms with Crippen LogP contribution < -0.4 is 0 Å². The molecular weight excluding hydrogens is 339 g/mol. The van der Waals surface area contributed by atoms with Gasteiger partial charge in [-0.05, 0) is 31.4 Å². The molecule has 0 radical (unpaired) electrons. The van der Waals surface area contributed by atoms with Gasteiger partial charge in [-0.25, -0.2) is 0 Å². The molecule has 2 aliphatic rings. The van der Waals surface area contributed by atoms with Crippen molar-refractivity contribution < 1.29 is 32.2 Å². The fourth-order valence-electron chi connectivity index (χ4n) is 3.58. The van der Waals surface area contributed by atoms with Crippen LogP contribution >= 0.6 is 0 Å². The van der Waals surface area contributed by atoms with Crippen molar-refractivity contribution in [2.75, 3.05) is 19.8 Å². The van der Waals surface area contributed by atoms with Crippen molar-refractivity contribution in [3.8, 4) is 0 Å². The molecule has 0 atom stereocenters. The molecule has 2 fully saturated rings. The van der Waals surface area contributed by atoms with Crippen LogP contribution in [0.1, 0.15) is 43.7 Å². The maximum atomic E-state index is 13.1. The zero-order valence-electron chi connectivity index (χ0n) is 13.9. The van der Waals surface area contributed by atoms with Crippen LogP contribution in [0.5, 0.6) is 0 Å². The number of halogens is 3. The Morgan fingerprint density at radius 2 is 1.84 bits per heavy atom. The third-order valence-electron chi connectivity index (χ3n) is 4.96. The number of hydrogen-bond donors (Lipinski definition) is 0. The lowest BCUT2D eigenvalue weighted by atomic mass is 9.68. The van der Waals surface area contributed by atoms with E-state index in [2.05, 4.69) is 4.98 Å². The molecule has 138 valence electrons. The summed E-state index contributed by atoms with van der Waals surface area (Å²) in [6, 6.07) is 0.998. The van der Waals surface area contributed by atoms with Gasteiger partial charge in [-0.3, -0.25) is 9.78 Å². The van der Waals surface area contributed by atoms with Crippen LogP contribution in [0.3, 0.4) is 0 Å². The van der Waals surface area contributed by atoms with E-state index in [1.165, 1.54) is 6.20 Å². The molecule has 5 nitrogen and oxygen atoms in total. The summed E-state index contributed by atoms with van der Waals surface area (Å²) in [5.41, 5.74) is -1.80. The SMILES string of the molecule is CCOC(=O)C1(c2cncc(C(F)(F)F)c2)CCC2(CC1)OCCO2. The summed E-state index contributed by atoms with van der Waals surface area (Å²) >= 11 is 0. The van der Waals surface area contributed by atoms with Gasteiger partial charge in [0.25, 0.3) is 0 Å². The Hall–Kier alpha value is -1.67. The molecule has 3 rings (SSSR count). The number of hydrogen-bond acceptors (Lipinski definition) is 5. The van der Waals surface area contributed by atoms with E-state index in [-0.39, 0.29) is 25.0 Å². The molecule has 0 aromatic carbocycles. The summed E-state index contributed by atoms with van der Waals surface area (Å²) in [7, 11) is 0. The predicted octanol–water partition coefficient (Wildman–Crippen LogP) is 3.22. The second-order valence-electron chi connectivity index (χ2n) is 6.37. The molecule has 8 heteroatoms. The van der Waals surface area contributed by atoms with E-state index in [0.717, 1.165) is 12.3 Å². The minimum absolute atomic E-state index is 0.158. The van der Waals surface area contributed by atoms with E-state index in [1.807, 2.05) is 0 Å². The molecule has 1 aliphatic heterocycles. The van der Waals surface area contributed by atoms with Gasteiger partial charge in [0, 0.05) is 25.2 Å². The van der Waals surface area contributed by atoms with Crippen molar-refractivity contribution in [2.45, 2.75) is 50.0 Å². The van der Waals surface area contributed by atoms with Crippen LogP contribution in [0, 0.1) is 0 Å². The van der Waals surface area contributed by atoms with Crippen LogP contribution in [0.25, 0.3) is 0 Å². The van der Waals surface area contributed by atoms with Gasteiger partial charge in [0.1, 0.15) is 0 Å². The molecule has 1 spiro atoms. The number of carbonyl (C=O) groups is 1. The number of pyridine rings is 1. The molecule has 1 saturated heterocycles. The monoisotopic (exact) mass is 359 g/mol. The van der Waals surface area contributed by atoms with E-state index in [1.54, 1.807) is 6.92 Å². The molecule has 1 aromatic heterocycles. The van der Waals surface area contributed by atoms with Gasteiger partial charge in [-0.2, -0.15) is 13.2 Å². The van der Waals surface area contributed by atoms with Crippen molar-refractivity contribution in [1.82, 2.24) is 4.98 Å². The molecule has 0 amide bonds. The van der Waals surface area contributed by atoms with E-state index in [4.69, 9.17) is 14.2 Å². The van der Waals surface area contributed by atoms with Gasteiger partial charge in [0.2, 0.25) is 0 Å². The second-order valence-corrected chi connectivity index (χ2v) is 6.37. The normalized spacial score (nSPS) is 22.1. The van der Waals surface area contributed by atoms with Crippen LogP contribution in [-0.2, 0) is 30.6 Å². The Morgan fingerprint density at radius 3 is 2.40 bits per heavy atom. The quantitative estimate of drug-likeness (QED) is 0.776. The molecule has 25 heavy (non-hydrogen) atoms. The number of ether oxygens (including phenoxy) is 3. The smallest absolute Gasteiger partial charge is 0.417 e. The fourth-order valence-corrected chi connectivity index (χ4v) is 3.58. The Morgan fingerprint density at radius 1 is 1.20 bits per heavy atom. The van der Waals surface area contributed by atoms with Crippen molar-refractivity contribution in [2.24, 2.45) is 0 Å². The topological polar surface area (TPSA) is 57.7 Å². The molecule has 1 aliphatic carbocycles. The predicted molar refractivity (Wildman–Crippen MR) is 80.7 cm³/mol. The Bertz CT molecular complexity index is 631. The molecule has 1 aromatic rings. The zero-order chi connectivity index (χ0) is 18.1. The first-order chi connectivity index (χ1) is 11.8. The summed E-state index contributed by atoms with van der Waals surface area (Å²) in [5, 5.41) is 0. The molecule has 0 bridgehead atoms. The minimum Gasteiger partial charge on any atom is -0.465 e. The molecule has 2 heterocycles. The van der Waals surface area contributed by atoms with Crippen molar-refractivity contribution in [1.29, 1.82) is 0 Å². The first-order valence-corrected chi connectivity index (χ1v) is 8.29. The highest BCUT2D eigenvalue weighted by atomic mass is 19.4. The maximum Gasteiger partial charge on any atom is 0.417 e. The van der Waals surface area contributed by atoms with Gasteiger partial charge >= 0.3 is 12.1 Å². The zero-order valence-corrected chi connectivity index (χ0v) is 13.9. The van der Waals surface area contributed by atoms with Crippen molar-refractivity contribution in [3.63, 3.8) is 0 Å². The van der Waals surface area contributed by atoms with Gasteiger partial charge in [0.15, 0.2) is 5.79 Å². The second kappa shape index (κ2) is 6.57. The van der Waals surface area contributed by atoms with Crippen LogP contribution in [0.15, 0.2) is 18.5 Å². The summed E-state index contributed by atoms with van der Waals surface area (Å²) in [6.07, 6.45) is -1.03. The van der Waals surface area contributed by atoms with E-state index in [9.17, 15) is 18.0 Å². The van der Waals surface area contributed by atoms with Gasteiger partial charge in [0.05, 0.1) is 30.8 Å². The Kier molecular flexibility index (Phi) is 4.76. The number of aromatic nitrogens is 1. The minimum atomic E-state index is -4.52. The van der Waals surface area contributed by atoms with E-state index >= 15 is 0 Å². The summed E-state index contributed by atoms with van der Waals surface area (Å²) in [4.78, 5) is 16.4. The third kappa shape index (κ3) is 3.37. The van der Waals surface area contributed by atoms with Crippen molar-refractivity contribution in [3.05, 3.63) is 29.6 Å².